The monoisotopic (exact) mass is 275 g/mol. The Bertz CT molecular complexity index is 456. The molecule has 0 aliphatic rings. The van der Waals surface area contributed by atoms with Gasteiger partial charge in [0.25, 0.3) is 0 Å². The summed E-state index contributed by atoms with van der Waals surface area (Å²) in [5.74, 6) is 0.659. The second-order valence-corrected chi connectivity index (χ2v) is 6.60. The van der Waals surface area contributed by atoms with Crippen LogP contribution in [0.4, 0.5) is 5.69 Å². The van der Waals surface area contributed by atoms with Crippen molar-refractivity contribution in [3.8, 4) is 0 Å². The second-order valence-electron chi connectivity index (χ2n) is 4.01. The van der Waals surface area contributed by atoms with Gasteiger partial charge in [0.2, 0.25) is 0 Å². The summed E-state index contributed by atoms with van der Waals surface area (Å²) in [6.45, 7) is 3.66. The predicted octanol–water partition coefficient (Wildman–Crippen LogP) is 2.54. The van der Waals surface area contributed by atoms with E-state index in [0.29, 0.717) is 10.8 Å². The fourth-order valence-corrected chi connectivity index (χ4v) is 2.50. The lowest BCUT2D eigenvalue weighted by molar-refractivity contribution is 0.597. The number of halogens is 1. The van der Waals surface area contributed by atoms with Crippen molar-refractivity contribution in [3.63, 3.8) is 0 Å². The van der Waals surface area contributed by atoms with Gasteiger partial charge >= 0.3 is 0 Å². The molecular formula is C12H18ClNO2S. The molecule has 0 fully saturated rings. The minimum atomic E-state index is -3.11. The van der Waals surface area contributed by atoms with E-state index in [-0.39, 0.29) is 11.8 Å². The van der Waals surface area contributed by atoms with E-state index in [1.54, 1.807) is 19.1 Å². The van der Waals surface area contributed by atoms with Crippen LogP contribution >= 0.6 is 11.6 Å². The van der Waals surface area contributed by atoms with Crippen molar-refractivity contribution in [2.45, 2.75) is 24.8 Å². The third kappa shape index (κ3) is 3.36. The Labute approximate surface area is 108 Å². The van der Waals surface area contributed by atoms with Crippen LogP contribution in [0.1, 0.15) is 13.8 Å². The maximum Gasteiger partial charge on any atom is 0.178 e. The molecule has 0 aliphatic carbocycles. The molecule has 1 aromatic carbocycles. The summed E-state index contributed by atoms with van der Waals surface area (Å²) in [5, 5.41) is 0. The van der Waals surface area contributed by atoms with Gasteiger partial charge in [-0.15, -0.1) is 11.6 Å². The molecule has 0 amide bonds. The third-order valence-corrected chi connectivity index (χ3v) is 5.06. The Kier molecular flexibility index (Phi) is 4.83. The summed E-state index contributed by atoms with van der Waals surface area (Å²) in [7, 11) is -1.17. The third-order valence-electron chi connectivity index (χ3n) is 2.87. The van der Waals surface area contributed by atoms with Crippen molar-refractivity contribution >= 4 is 27.1 Å². The van der Waals surface area contributed by atoms with Crippen LogP contribution in [0, 0.1) is 0 Å². The summed E-state index contributed by atoms with van der Waals surface area (Å²) in [4.78, 5) is 2.39. The fraction of sp³-hybridized carbons (Fsp3) is 0.500. The van der Waals surface area contributed by atoms with Gasteiger partial charge in [-0.05, 0) is 31.2 Å². The molecule has 0 bridgehead atoms. The van der Waals surface area contributed by atoms with Crippen molar-refractivity contribution in [1.82, 2.24) is 0 Å². The number of rotatable bonds is 5. The average Bonchev–Trinajstić information content (AvgIpc) is 2.37. The van der Waals surface area contributed by atoms with Crippen LogP contribution in [0.5, 0.6) is 0 Å². The number of benzene rings is 1. The lowest BCUT2D eigenvalue weighted by Crippen LogP contribution is -2.30. The molecule has 0 spiro atoms. The van der Waals surface area contributed by atoms with E-state index in [1.807, 2.05) is 31.0 Å². The Morgan fingerprint density at radius 3 is 2.24 bits per heavy atom. The Morgan fingerprint density at radius 2 is 1.82 bits per heavy atom. The maximum atomic E-state index is 11.6. The highest BCUT2D eigenvalue weighted by atomic mass is 35.5. The van der Waals surface area contributed by atoms with Crippen molar-refractivity contribution in [2.75, 3.05) is 23.6 Å². The minimum Gasteiger partial charge on any atom is -0.371 e. The molecule has 0 radical (unpaired) electrons. The van der Waals surface area contributed by atoms with Crippen molar-refractivity contribution in [2.24, 2.45) is 0 Å². The highest BCUT2D eigenvalue weighted by Gasteiger charge is 2.13. The van der Waals surface area contributed by atoms with Crippen LogP contribution < -0.4 is 4.90 Å². The van der Waals surface area contributed by atoms with E-state index in [2.05, 4.69) is 0 Å². The number of nitrogens with zero attached hydrogens (tertiary/aromatic N) is 1. The van der Waals surface area contributed by atoms with Gasteiger partial charge in [0.15, 0.2) is 9.84 Å². The van der Waals surface area contributed by atoms with Crippen LogP contribution in [0.15, 0.2) is 29.2 Å². The average molecular weight is 276 g/mol. The summed E-state index contributed by atoms with van der Waals surface area (Å²) in [6, 6.07) is 7.12. The molecule has 0 saturated carbocycles. The normalized spacial score (nSPS) is 13.4. The lowest BCUT2D eigenvalue weighted by Gasteiger charge is -2.25. The van der Waals surface area contributed by atoms with Gasteiger partial charge in [0.05, 0.1) is 10.6 Å². The zero-order chi connectivity index (χ0) is 13.1. The van der Waals surface area contributed by atoms with Crippen LogP contribution in [-0.4, -0.2) is 33.1 Å². The van der Waals surface area contributed by atoms with E-state index >= 15 is 0 Å². The van der Waals surface area contributed by atoms with Crippen molar-refractivity contribution in [1.29, 1.82) is 0 Å². The molecule has 1 atom stereocenters. The van der Waals surface area contributed by atoms with Gasteiger partial charge in [-0.25, -0.2) is 8.42 Å². The van der Waals surface area contributed by atoms with E-state index in [0.717, 1.165) is 5.69 Å². The Balaban J connectivity index is 2.96. The number of sulfone groups is 1. The van der Waals surface area contributed by atoms with E-state index < -0.39 is 9.84 Å². The quantitative estimate of drug-likeness (QED) is 0.775. The predicted molar refractivity (Wildman–Crippen MR) is 72.8 cm³/mol. The van der Waals surface area contributed by atoms with E-state index in [1.165, 1.54) is 0 Å². The Morgan fingerprint density at radius 1 is 1.29 bits per heavy atom. The van der Waals surface area contributed by atoms with Gasteiger partial charge in [-0.3, -0.25) is 0 Å². The molecule has 0 N–H and O–H groups in total. The summed E-state index contributed by atoms with van der Waals surface area (Å²) in [6.07, 6.45) is 0. The fourth-order valence-electron chi connectivity index (χ4n) is 1.41. The zero-order valence-corrected chi connectivity index (χ0v) is 11.9. The first-order valence-corrected chi connectivity index (χ1v) is 7.72. The van der Waals surface area contributed by atoms with Crippen molar-refractivity contribution < 1.29 is 8.42 Å². The molecule has 1 unspecified atom stereocenters. The molecular weight excluding hydrogens is 258 g/mol. The van der Waals surface area contributed by atoms with Crippen LogP contribution in [-0.2, 0) is 9.84 Å². The molecule has 0 saturated heterocycles. The van der Waals surface area contributed by atoms with Gasteiger partial charge in [-0.1, -0.05) is 6.92 Å². The lowest BCUT2D eigenvalue weighted by atomic mass is 10.2. The largest absolute Gasteiger partial charge is 0.371 e. The molecule has 96 valence electrons. The summed E-state index contributed by atoms with van der Waals surface area (Å²) < 4.78 is 23.3. The molecule has 17 heavy (non-hydrogen) atoms. The molecule has 3 nitrogen and oxygen atoms in total. The number of hydrogen-bond acceptors (Lipinski definition) is 3. The molecule has 0 aliphatic heterocycles. The zero-order valence-electron chi connectivity index (χ0n) is 10.4. The minimum absolute atomic E-state index is 0.125. The highest BCUT2D eigenvalue weighted by Crippen LogP contribution is 2.19. The summed E-state index contributed by atoms with van der Waals surface area (Å²) >= 11 is 5.79. The molecule has 1 aromatic rings. The van der Waals surface area contributed by atoms with Gasteiger partial charge in [-0.2, -0.15) is 0 Å². The smallest absolute Gasteiger partial charge is 0.178 e. The summed E-state index contributed by atoms with van der Waals surface area (Å²) in [5.41, 5.74) is 0.966. The van der Waals surface area contributed by atoms with Crippen molar-refractivity contribution in [3.05, 3.63) is 24.3 Å². The standard InChI is InChI=1S/C12H18ClNO2S/c1-4-17(15,16)12-7-5-11(6-8-12)14(3)10(2)9-13/h5-8,10H,4,9H2,1-3H3. The second kappa shape index (κ2) is 5.74. The van der Waals surface area contributed by atoms with E-state index in [4.69, 9.17) is 11.6 Å². The van der Waals surface area contributed by atoms with Crippen LogP contribution in [0.2, 0.25) is 0 Å². The van der Waals surface area contributed by atoms with Crippen LogP contribution in [0.3, 0.4) is 0 Å². The highest BCUT2D eigenvalue weighted by molar-refractivity contribution is 7.91. The van der Waals surface area contributed by atoms with E-state index in [9.17, 15) is 8.42 Å². The number of anilines is 1. The molecule has 0 heterocycles. The van der Waals surface area contributed by atoms with Crippen LogP contribution in [0.25, 0.3) is 0 Å². The number of hydrogen-bond donors (Lipinski definition) is 0. The van der Waals surface area contributed by atoms with Gasteiger partial charge < -0.3 is 4.90 Å². The first kappa shape index (κ1) is 14.3. The maximum absolute atomic E-state index is 11.6. The molecule has 1 rings (SSSR count). The van der Waals surface area contributed by atoms with Gasteiger partial charge in [0, 0.05) is 24.7 Å². The topological polar surface area (TPSA) is 37.4 Å². The molecule has 5 heteroatoms. The first-order valence-electron chi connectivity index (χ1n) is 5.54. The first-order chi connectivity index (χ1) is 7.92. The molecule has 0 aromatic heterocycles. The van der Waals surface area contributed by atoms with Gasteiger partial charge in [0.1, 0.15) is 0 Å². The Hall–Kier alpha value is -0.740. The SMILES string of the molecule is CCS(=O)(=O)c1ccc(N(C)C(C)CCl)cc1. The number of alkyl halides is 1.